The Kier molecular flexibility index (Phi) is 3.14. The number of aromatic nitrogens is 1. The molecule has 3 heteroatoms. The third-order valence-electron chi connectivity index (χ3n) is 1.43. The van der Waals surface area contributed by atoms with E-state index in [1.165, 1.54) is 0 Å². The average Bonchev–Trinajstić information content (AvgIpc) is 2.15. The van der Waals surface area contributed by atoms with Gasteiger partial charge in [0.15, 0.2) is 0 Å². The van der Waals surface area contributed by atoms with Crippen molar-refractivity contribution in [1.29, 1.82) is 0 Å². The smallest absolute Gasteiger partial charge is 0.128 e. The summed E-state index contributed by atoms with van der Waals surface area (Å²) in [6, 6.07) is 5.79. The maximum Gasteiger partial charge on any atom is 0.128 e. The average molecular weight is 163 g/mol. The number of nitrogens with zero attached hydrogens (tertiary/aromatic N) is 1. The Bertz CT molecular complexity index is 258. The van der Waals surface area contributed by atoms with Crippen LogP contribution in [0.15, 0.2) is 30.9 Å². The van der Waals surface area contributed by atoms with Crippen LogP contribution in [0.5, 0.6) is 0 Å². The van der Waals surface area contributed by atoms with Gasteiger partial charge < -0.3 is 10.6 Å². The molecule has 1 aromatic rings. The van der Waals surface area contributed by atoms with E-state index in [4.69, 9.17) is 0 Å². The van der Waals surface area contributed by atoms with E-state index in [0.29, 0.717) is 0 Å². The molecule has 1 aromatic heterocycles. The second kappa shape index (κ2) is 4.38. The molecule has 12 heavy (non-hydrogen) atoms. The molecule has 3 nitrogen and oxygen atoms in total. The number of rotatable bonds is 4. The topological polar surface area (TPSA) is 37.0 Å². The molecular weight excluding hydrogens is 150 g/mol. The Morgan fingerprint density at radius 3 is 2.92 bits per heavy atom. The molecule has 1 heterocycles. The van der Waals surface area contributed by atoms with Crippen molar-refractivity contribution in [3.05, 3.63) is 30.9 Å². The zero-order valence-corrected chi connectivity index (χ0v) is 7.17. The Morgan fingerprint density at radius 1 is 1.50 bits per heavy atom. The van der Waals surface area contributed by atoms with Crippen LogP contribution >= 0.6 is 0 Å². The van der Waals surface area contributed by atoms with Gasteiger partial charge in [-0.2, -0.15) is 0 Å². The molecule has 2 N–H and O–H groups in total. The van der Waals surface area contributed by atoms with Crippen molar-refractivity contribution in [2.24, 2.45) is 0 Å². The van der Waals surface area contributed by atoms with E-state index in [9.17, 15) is 0 Å². The lowest BCUT2D eigenvalue weighted by Crippen LogP contribution is -2.01. The first-order valence-corrected chi connectivity index (χ1v) is 3.86. The first-order valence-electron chi connectivity index (χ1n) is 3.86. The number of pyridine rings is 1. The van der Waals surface area contributed by atoms with Gasteiger partial charge in [-0.05, 0) is 12.1 Å². The summed E-state index contributed by atoms with van der Waals surface area (Å²) in [7, 11) is 1.85. The van der Waals surface area contributed by atoms with Crippen LogP contribution in [0.2, 0.25) is 0 Å². The monoisotopic (exact) mass is 163 g/mol. The molecule has 0 fully saturated rings. The summed E-state index contributed by atoms with van der Waals surface area (Å²) in [6.07, 6.45) is 1.80. The fourth-order valence-corrected chi connectivity index (χ4v) is 0.849. The molecule has 0 saturated heterocycles. The zero-order valence-electron chi connectivity index (χ0n) is 7.17. The van der Waals surface area contributed by atoms with Gasteiger partial charge in [0, 0.05) is 13.6 Å². The highest BCUT2D eigenvalue weighted by atomic mass is 15.0. The highest BCUT2D eigenvalue weighted by Crippen LogP contribution is 2.07. The molecule has 0 bridgehead atoms. The van der Waals surface area contributed by atoms with Crippen molar-refractivity contribution in [3.63, 3.8) is 0 Å². The highest BCUT2D eigenvalue weighted by Gasteiger charge is 1.92. The first kappa shape index (κ1) is 8.59. The fourth-order valence-electron chi connectivity index (χ4n) is 0.849. The Labute approximate surface area is 72.5 Å². The molecule has 0 aliphatic heterocycles. The van der Waals surface area contributed by atoms with E-state index in [-0.39, 0.29) is 0 Å². The van der Waals surface area contributed by atoms with E-state index < -0.39 is 0 Å². The molecule has 0 aliphatic rings. The van der Waals surface area contributed by atoms with Crippen molar-refractivity contribution in [2.45, 2.75) is 0 Å². The van der Waals surface area contributed by atoms with Gasteiger partial charge in [0.1, 0.15) is 11.6 Å². The summed E-state index contributed by atoms with van der Waals surface area (Å²) < 4.78 is 0. The summed E-state index contributed by atoms with van der Waals surface area (Å²) in [5, 5.41) is 6.07. The van der Waals surface area contributed by atoms with E-state index >= 15 is 0 Å². The summed E-state index contributed by atoms with van der Waals surface area (Å²) >= 11 is 0. The number of nitrogens with one attached hydrogen (secondary N) is 2. The van der Waals surface area contributed by atoms with E-state index in [2.05, 4.69) is 22.2 Å². The molecule has 0 atom stereocenters. The second-order valence-corrected chi connectivity index (χ2v) is 2.33. The van der Waals surface area contributed by atoms with Crippen LogP contribution in [-0.4, -0.2) is 18.6 Å². The quantitative estimate of drug-likeness (QED) is 0.663. The van der Waals surface area contributed by atoms with Crippen LogP contribution in [0.1, 0.15) is 0 Å². The zero-order chi connectivity index (χ0) is 8.81. The van der Waals surface area contributed by atoms with Gasteiger partial charge in [0.2, 0.25) is 0 Å². The van der Waals surface area contributed by atoms with Crippen LogP contribution in [0.3, 0.4) is 0 Å². The predicted octanol–water partition coefficient (Wildman–Crippen LogP) is 1.72. The fraction of sp³-hybridized carbons (Fsp3) is 0.222. The predicted molar refractivity (Wildman–Crippen MR) is 52.5 cm³/mol. The van der Waals surface area contributed by atoms with Crippen LogP contribution < -0.4 is 10.6 Å². The van der Waals surface area contributed by atoms with Gasteiger partial charge in [-0.1, -0.05) is 12.1 Å². The normalized spacial score (nSPS) is 9.08. The van der Waals surface area contributed by atoms with Gasteiger partial charge in [0.25, 0.3) is 0 Å². The van der Waals surface area contributed by atoms with Crippen molar-refractivity contribution in [2.75, 3.05) is 24.2 Å². The van der Waals surface area contributed by atoms with E-state index in [0.717, 1.165) is 18.2 Å². The molecule has 0 amide bonds. The lowest BCUT2D eigenvalue weighted by molar-refractivity contribution is 1.22. The molecule has 0 spiro atoms. The molecule has 0 aliphatic carbocycles. The van der Waals surface area contributed by atoms with E-state index in [1.807, 2.05) is 25.2 Å². The van der Waals surface area contributed by atoms with Crippen molar-refractivity contribution < 1.29 is 0 Å². The van der Waals surface area contributed by atoms with Gasteiger partial charge >= 0.3 is 0 Å². The van der Waals surface area contributed by atoms with Crippen LogP contribution in [0.25, 0.3) is 0 Å². The van der Waals surface area contributed by atoms with Crippen LogP contribution in [0.4, 0.5) is 11.6 Å². The number of anilines is 2. The standard InChI is InChI=1S/C9H13N3/c1-3-7-11-9-6-4-5-8(10-2)12-9/h3-6H,1,7H2,2H3,(H2,10,11,12). The number of hydrogen-bond donors (Lipinski definition) is 2. The molecular formula is C9H13N3. The Balaban J connectivity index is 2.65. The highest BCUT2D eigenvalue weighted by molar-refractivity contribution is 5.44. The summed E-state index contributed by atoms with van der Waals surface area (Å²) in [6.45, 7) is 4.35. The third-order valence-corrected chi connectivity index (χ3v) is 1.43. The van der Waals surface area contributed by atoms with Gasteiger partial charge in [-0.3, -0.25) is 0 Å². The lowest BCUT2D eigenvalue weighted by atomic mass is 10.4. The minimum atomic E-state index is 0.736. The number of hydrogen-bond acceptors (Lipinski definition) is 3. The summed E-state index contributed by atoms with van der Waals surface area (Å²) in [5.41, 5.74) is 0. The molecule has 0 aromatic carbocycles. The minimum absolute atomic E-state index is 0.736. The summed E-state index contributed by atoms with van der Waals surface area (Å²) in [5.74, 6) is 1.73. The summed E-state index contributed by atoms with van der Waals surface area (Å²) in [4.78, 5) is 4.26. The van der Waals surface area contributed by atoms with Gasteiger partial charge in [0.05, 0.1) is 0 Å². The molecule has 0 unspecified atom stereocenters. The van der Waals surface area contributed by atoms with Crippen molar-refractivity contribution in [3.8, 4) is 0 Å². The second-order valence-electron chi connectivity index (χ2n) is 2.33. The largest absolute Gasteiger partial charge is 0.373 e. The Hall–Kier alpha value is -1.51. The first-order chi connectivity index (χ1) is 5.86. The van der Waals surface area contributed by atoms with E-state index in [1.54, 1.807) is 6.08 Å². The maximum atomic E-state index is 4.26. The van der Waals surface area contributed by atoms with Crippen LogP contribution in [0, 0.1) is 0 Å². The molecule has 0 saturated carbocycles. The van der Waals surface area contributed by atoms with Crippen molar-refractivity contribution in [1.82, 2.24) is 4.98 Å². The third kappa shape index (κ3) is 2.27. The molecule has 64 valence electrons. The molecule has 0 radical (unpaired) electrons. The molecule has 1 rings (SSSR count). The van der Waals surface area contributed by atoms with Crippen LogP contribution in [-0.2, 0) is 0 Å². The maximum absolute atomic E-state index is 4.26. The SMILES string of the molecule is C=CCNc1cccc(NC)n1. The van der Waals surface area contributed by atoms with Gasteiger partial charge in [-0.15, -0.1) is 6.58 Å². The van der Waals surface area contributed by atoms with Crippen molar-refractivity contribution >= 4 is 11.6 Å². The lowest BCUT2D eigenvalue weighted by Gasteiger charge is -2.03. The Morgan fingerprint density at radius 2 is 2.25 bits per heavy atom. The minimum Gasteiger partial charge on any atom is -0.373 e. The van der Waals surface area contributed by atoms with Gasteiger partial charge in [-0.25, -0.2) is 4.98 Å².